The van der Waals surface area contributed by atoms with Crippen LogP contribution >= 0.6 is 0 Å². The molecule has 1 heterocycles. The van der Waals surface area contributed by atoms with E-state index in [1.54, 1.807) is 7.05 Å². The molecule has 0 bridgehead atoms. The van der Waals surface area contributed by atoms with Crippen molar-refractivity contribution in [2.45, 2.75) is 46.2 Å². The summed E-state index contributed by atoms with van der Waals surface area (Å²) in [5, 5.41) is 6.66. The Bertz CT molecular complexity index is 875. The lowest BCUT2D eigenvalue weighted by Gasteiger charge is -2.29. The second-order valence-electron chi connectivity index (χ2n) is 7.72. The molecule has 2 N–H and O–H groups in total. The molecule has 0 atom stereocenters. The van der Waals surface area contributed by atoms with Crippen LogP contribution < -0.4 is 10.6 Å². The van der Waals surface area contributed by atoms with Crippen molar-refractivity contribution in [1.29, 1.82) is 0 Å². The number of aliphatic imine (C=N–C) groups is 1. The summed E-state index contributed by atoms with van der Waals surface area (Å²) in [6.07, 6.45) is 2.31. The first kappa shape index (κ1) is 20.9. The first-order valence-corrected chi connectivity index (χ1v) is 10.4. The molecule has 2 aromatic carbocycles. The number of amides is 1. The highest BCUT2D eigenvalue weighted by molar-refractivity contribution is 5.80. The number of guanidine groups is 1. The van der Waals surface area contributed by atoms with Gasteiger partial charge in [0.05, 0.1) is 0 Å². The van der Waals surface area contributed by atoms with Crippen LogP contribution in [0.2, 0.25) is 0 Å². The summed E-state index contributed by atoms with van der Waals surface area (Å²) < 4.78 is 0. The third-order valence-corrected chi connectivity index (χ3v) is 5.51. The standard InChI is InChI=1S/C24H32N4O/c1-18-10-11-21(19(2)15-18)16-27-24(25-3)26-13-6-9-23(29)28-14-12-20-7-4-5-8-22(20)17-28/h4-5,7-8,10-11,15H,6,9,12-14,16-17H2,1-3H3,(H2,25,26,27). The molecule has 154 valence electrons. The molecular formula is C24H32N4O. The minimum atomic E-state index is 0.236. The summed E-state index contributed by atoms with van der Waals surface area (Å²) in [4.78, 5) is 18.8. The molecule has 1 aliphatic heterocycles. The Labute approximate surface area is 174 Å². The maximum Gasteiger partial charge on any atom is 0.222 e. The predicted molar refractivity (Wildman–Crippen MR) is 119 cm³/mol. The Hall–Kier alpha value is -2.82. The van der Waals surface area contributed by atoms with Gasteiger partial charge in [-0.15, -0.1) is 0 Å². The smallest absolute Gasteiger partial charge is 0.222 e. The molecule has 0 radical (unpaired) electrons. The summed E-state index contributed by atoms with van der Waals surface area (Å²) in [7, 11) is 1.77. The van der Waals surface area contributed by atoms with Gasteiger partial charge in [0.25, 0.3) is 0 Å². The predicted octanol–water partition coefficient (Wildman–Crippen LogP) is 3.33. The van der Waals surface area contributed by atoms with Crippen molar-refractivity contribution >= 4 is 11.9 Å². The van der Waals surface area contributed by atoms with E-state index < -0.39 is 0 Å². The molecule has 0 aliphatic carbocycles. The van der Waals surface area contributed by atoms with Crippen LogP contribution in [0, 0.1) is 13.8 Å². The van der Waals surface area contributed by atoms with Crippen LogP contribution in [0.15, 0.2) is 47.5 Å². The highest BCUT2D eigenvalue weighted by Crippen LogP contribution is 2.19. The Balaban J connectivity index is 1.38. The zero-order chi connectivity index (χ0) is 20.6. The number of nitrogens with one attached hydrogen (secondary N) is 2. The SMILES string of the molecule is CN=C(NCCCC(=O)N1CCc2ccccc2C1)NCc1ccc(C)cc1C. The monoisotopic (exact) mass is 392 g/mol. The van der Waals surface area contributed by atoms with Gasteiger partial charge >= 0.3 is 0 Å². The van der Waals surface area contributed by atoms with Crippen LogP contribution in [0.1, 0.15) is 40.7 Å². The van der Waals surface area contributed by atoms with Gasteiger partial charge < -0.3 is 15.5 Å². The van der Waals surface area contributed by atoms with Crippen LogP contribution in [0.5, 0.6) is 0 Å². The van der Waals surface area contributed by atoms with Crippen molar-refractivity contribution in [1.82, 2.24) is 15.5 Å². The minimum Gasteiger partial charge on any atom is -0.356 e. The Morgan fingerprint density at radius 1 is 1.10 bits per heavy atom. The van der Waals surface area contributed by atoms with E-state index in [2.05, 4.69) is 65.9 Å². The number of carbonyl (C=O) groups is 1. The lowest BCUT2D eigenvalue weighted by atomic mass is 9.99. The van der Waals surface area contributed by atoms with Crippen molar-refractivity contribution in [2.75, 3.05) is 20.1 Å². The number of aryl methyl sites for hydroxylation is 2. The molecule has 0 spiro atoms. The number of hydrogen-bond acceptors (Lipinski definition) is 2. The van der Waals surface area contributed by atoms with Crippen LogP contribution in [0.3, 0.4) is 0 Å². The van der Waals surface area contributed by atoms with Gasteiger partial charge in [-0.1, -0.05) is 48.0 Å². The molecule has 0 unspecified atom stereocenters. The van der Waals surface area contributed by atoms with Gasteiger partial charge in [-0.25, -0.2) is 0 Å². The quantitative estimate of drug-likeness (QED) is 0.450. The third kappa shape index (κ3) is 5.83. The zero-order valence-electron chi connectivity index (χ0n) is 17.8. The molecule has 2 aromatic rings. The summed E-state index contributed by atoms with van der Waals surface area (Å²) in [5.74, 6) is 1.00. The van der Waals surface area contributed by atoms with Gasteiger partial charge in [0.1, 0.15) is 0 Å². The first-order chi connectivity index (χ1) is 14.1. The fraction of sp³-hybridized carbons (Fsp3) is 0.417. The number of benzene rings is 2. The van der Waals surface area contributed by atoms with Crippen LogP contribution in [0.4, 0.5) is 0 Å². The van der Waals surface area contributed by atoms with E-state index in [0.29, 0.717) is 6.42 Å². The Morgan fingerprint density at radius 3 is 2.66 bits per heavy atom. The molecule has 1 amide bonds. The maximum atomic E-state index is 12.6. The summed E-state index contributed by atoms with van der Waals surface area (Å²) in [6.45, 7) is 7.25. The zero-order valence-corrected chi connectivity index (χ0v) is 17.8. The van der Waals surface area contributed by atoms with Gasteiger partial charge in [0.15, 0.2) is 5.96 Å². The molecule has 0 saturated carbocycles. The minimum absolute atomic E-state index is 0.236. The van der Waals surface area contributed by atoms with Crippen molar-refractivity contribution < 1.29 is 4.79 Å². The van der Waals surface area contributed by atoms with E-state index in [4.69, 9.17) is 0 Å². The topological polar surface area (TPSA) is 56.7 Å². The average Bonchev–Trinajstić information content (AvgIpc) is 2.73. The van der Waals surface area contributed by atoms with Gasteiger partial charge in [-0.2, -0.15) is 0 Å². The maximum absolute atomic E-state index is 12.6. The molecule has 29 heavy (non-hydrogen) atoms. The molecule has 3 rings (SSSR count). The van der Waals surface area contributed by atoms with Crippen LogP contribution in [-0.2, 0) is 24.3 Å². The average molecular weight is 393 g/mol. The molecule has 1 aliphatic rings. The Kier molecular flexibility index (Phi) is 7.28. The lowest BCUT2D eigenvalue weighted by Crippen LogP contribution is -2.38. The van der Waals surface area contributed by atoms with Crippen molar-refractivity contribution in [3.63, 3.8) is 0 Å². The molecule has 0 saturated heterocycles. The van der Waals surface area contributed by atoms with Crippen molar-refractivity contribution in [2.24, 2.45) is 4.99 Å². The summed E-state index contributed by atoms with van der Waals surface area (Å²) in [5.41, 5.74) is 6.47. The third-order valence-electron chi connectivity index (χ3n) is 5.51. The molecular weight excluding hydrogens is 360 g/mol. The molecule has 0 aromatic heterocycles. The van der Waals surface area contributed by atoms with Gasteiger partial charge in [-0.05, 0) is 48.9 Å². The van der Waals surface area contributed by atoms with Gasteiger partial charge in [0, 0.05) is 39.6 Å². The van der Waals surface area contributed by atoms with Crippen molar-refractivity contribution in [3.05, 3.63) is 70.3 Å². The summed E-state index contributed by atoms with van der Waals surface area (Å²) >= 11 is 0. The van der Waals surface area contributed by atoms with Gasteiger partial charge in [-0.3, -0.25) is 9.79 Å². The van der Waals surface area contributed by atoms with Gasteiger partial charge in [0.2, 0.25) is 5.91 Å². The van der Waals surface area contributed by atoms with E-state index in [-0.39, 0.29) is 5.91 Å². The second kappa shape index (κ2) is 10.1. The molecule has 5 heteroatoms. The van der Waals surface area contributed by atoms with E-state index in [0.717, 1.165) is 45.0 Å². The fourth-order valence-corrected chi connectivity index (χ4v) is 3.76. The largest absolute Gasteiger partial charge is 0.356 e. The second-order valence-corrected chi connectivity index (χ2v) is 7.72. The fourth-order valence-electron chi connectivity index (χ4n) is 3.76. The highest BCUT2D eigenvalue weighted by atomic mass is 16.2. The van der Waals surface area contributed by atoms with E-state index >= 15 is 0 Å². The van der Waals surface area contributed by atoms with Crippen molar-refractivity contribution in [3.8, 4) is 0 Å². The number of fused-ring (bicyclic) bond motifs is 1. The van der Waals surface area contributed by atoms with E-state index in [9.17, 15) is 4.79 Å². The number of carbonyl (C=O) groups excluding carboxylic acids is 1. The summed E-state index contributed by atoms with van der Waals surface area (Å²) in [6, 6.07) is 14.9. The number of nitrogens with zero attached hydrogens (tertiary/aromatic N) is 2. The molecule has 5 nitrogen and oxygen atoms in total. The van der Waals surface area contributed by atoms with Crippen LogP contribution in [0.25, 0.3) is 0 Å². The number of hydrogen-bond donors (Lipinski definition) is 2. The van der Waals surface area contributed by atoms with E-state index in [1.807, 2.05) is 11.0 Å². The highest BCUT2D eigenvalue weighted by Gasteiger charge is 2.19. The lowest BCUT2D eigenvalue weighted by molar-refractivity contribution is -0.132. The van der Waals surface area contributed by atoms with Crippen LogP contribution in [-0.4, -0.2) is 36.9 Å². The molecule has 0 fully saturated rings. The normalized spacial score (nSPS) is 13.8. The Morgan fingerprint density at radius 2 is 1.90 bits per heavy atom. The van der Waals surface area contributed by atoms with E-state index in [1.165, 1.54) is 27.8 Å². The first-order valence-electron chi connectivity index (χ1n) is 10.4. The number of rotatable bonds is 6.